The van der Waals surface area contributed by atoms with Crippen molar-refractivity contribution in [3.8, 4) is 5.75 Å². The van der Waals surface area contributed by atoms with Crippen LogP contribution in [-0.2, 0) is 13.1 Å². The quantitative estimate of drug-likeness (QED) is 0.696. The summed E-state index contributed by atoms with van der Waals surface area (Å²) < 4.78 is 5.43. The molecule has 1 aliphatic heterocycles. The Morgan fingerprint density at radius 2 is 1.57 bits per heavy atom. The molecule has 0 amide bonds. The maximum Gasteiger partial charge on any atom is 0.119 e. The summed E-state index contributed by atoms with van der Waals surface area (Å²) >= 11 is 0. The molecule has 5 heteroatoms. The Morgan fingerprint density at radius 1 is 0.893 bits per heavy atom. The molecule has 1 fully saturated rings. The molecule has 0 bridgehead atoms. The molecule has 0 unspecified atom stereocenters. The molecule has 0 aromatic heterocycles. The normalized spacial score (nSPS) is 18.3. The van der Waals surface area contributed by atoms with E-state index in [9.17, 15) is 5.11 Å². The van der Waals surface area contributed by atoms with Gasteiger partial charge in [-0.2, -0.15) is 0 Å². The highest BCUT2D eigenvalue weighted by Gasteiger charge is 2.26. The summed E-state index contributed by atoms with van der Waals surface area (Å²) in [6.45, 7) is 7.53. The highest BCUT2D eigenvalue weighted by molar-refractivity contribution is 5.27. The first-order chi connectivity index (χ1) is 13.7. The van der Waals surface area contributed by atoms with E-state index < -0.39 is 0 Å². The van der Waals surface area contributed by atoms with Crippen molar-refractivity contribution in [2.24, 2.45) is 0 Å². The van der Waals surface area contributed by atoms with E-state index in [2.05, 4.69) is 53.1 Å². The van der Waals surface area contributed by atoms with Crippen LogP contribution in [0.25, 0.3) is 0 Å². The van der Waals surface area contributed by atoms with Gasteiger partial charge in [0.15, 0.2) is 0 Å². The third-order valence-corrected chi connectivity index (χ3v) is 5.35. The highest BCUT2D eigenvalue weighted by atomic mass is 16.5. The van der Waals surface area contributed by atoms with Crippen molar-refractivity contribution in [1.29, 1.82) is 0 Å². The van der Waals surface area contributed by atoms with Crippen molar-refractivity contribution < 1.29 is 14.9 Å². The van der Waals surface area contributed by atoms with Crippen LogP contribution >= 0.6 is 0 Å². The molecule has 1 heterocycles. The van der Waals surface area contributed by atoms with E-state index in [1.165, 1.54) is 16.7 Å². The van der Waals surface area contributed by atoms with Crippen LogP contribution in [0.4, 0.5) is 0 Å². The van der Waals surface area contributed by atoms with Crippen molar-refractivity contribution in [3.63, 3.8) is 0 Å². The number of ether oxygens (including phenoxy) is 1. The minimum absolute atomic E-state index is 0.0286. The van der Waals surface area contributed by atoms with Crippen molar-refractivity contribution in [3.05, 3.63) is 65.2 Å². The maximum absolute atomic E-state index is 9.54. The van der Waals surface area contributed by atoms with E-state index in [1.807, 2.05) is 12.1 Å². The first-order valence-electron chi connectivity index (χ1n) is 10.1. The number of benzene rings is 2. The van der Waals surface area contributed by atoms with Gasteiger partial charge in [0.05, 0.1) is 6.61 Å². The average Bonchev–Trinajstić information content (AvgIpc) is 2.71. The monoisotopic (exact) mass is 384 g/mol. The lowest BCUT2D eigenvalue weighted by Crippen LogP contribution is -2.52. The van der Waals surface area contributed by atoms with Crippen LogP contribution in [0.2, 0.25) is 0 Å². The van der Waals surface area contributed by atoms with Crippen LogP contribution in [0.1, 0.15) is 23.1 Å². The Labute approximate surface area is 168 Å². The number of nitrogens with zero attached hydrogens (tertiary/aromatic N) is 2. The summed E-state index contributed by atoms with van der Waals surface area (Å²) in [5, 5.41) is 18.4. The first-order valence-corrected chi connectivity index (χ1v) is 10.1. The van der Waals surface area contributed by atoms with Gasteiger partial charge in [0.2, 0.25) is 0 Å². The van der Waals surface area contributed by atoms with Gasteiger partial charge in [0.1, 0.15) is 12.4 Å². The lowest BCUT2D eigenvalue weighted by Gasteiger charge is -2.41. The van der Waals surface area contributed by atoms with Gasteiger partial charge in [-0.05, 0) is 36.6 Å². The molecule has 0 saturated carbocycles. The fourth-order valence-electron chi connectivity index (χ4n) is 3.77. The third kappa shape index (κ3) is 6.04. The van der Waals surface area contributed by atoms with Gasteiger partial charge in [0, 0.05) is 45.4 Å². The van der Waals surface area contributed by atoms with Crippen LogP contribution < -0.4 is 4.74 Å². The summed E-state index contributed by atoms with van der Waals surface area (Å²) in [7, 11) is 0. The summed E-state index contributed by atoms with van der Waals surface area (Å²) in [6.07, 6.45) is 0.802. The van der Waals surface area contributed by atoms with Crippen molar-refractivity contribution in [2.45, 2.75) is 32.5 Å². The lowest BCUT2D eigenvalue weighted by molar-refractivity contribution is 0.0500. The van der Waals surface area contributed by atoms with E-state index in [-0.39, 0.29) is 13.2 Å². The van der Waals surface area contributed by atoms with Crippen LogP contribution in [0.5, 0.6) is 5.75 Å². The van der Waals surface area contributed by atoms with E-state index in [1.54, 1.807) is 0 Å². The summed E-state index contributed by atoms with van der Waals surface area (Å²) in [5.41, 5.74) is 3.87. The molecular formula is C23H32N2O3. The fraction of sp³-hybridized carbons (Fsp3) is 0.478. The van der Waals surface area contributed by atoms with Crippen LogP contribution in [0.15, 0.2) is 48.5 Å². The number of piperazine rings is 1. The van der Waals surface area contributed by atoms with Gasteiger partial charge >= 0.3 is 0 Å². The molecule has 2 aromatic carbocycles. The zero-order valence-corrected chi connectivity index (χ0v) is 16.8. The summed E-state index contributed by atoms with van der Waals surface area (Å²) in [5.74, 6) is 0.791. The minimum atomic E-state index is 0.0286. The molecule has 2 N–H and O–H groups in total. The largest absolute Gasteiger partial charge is 0.491 e. The second kappa shape index (κ2) is 10.6. The number of rotatable bonds is 9. The molecule has 28 heavy (non-hydrogen) atoms. The first kappa shape index (κ1) is 20.8. The Hall–Kier alpha value is -1.92. The molecule has 5 nitrogen and oxygen atoms in total. The highest BCUT2D eigenvalue weighted by Crippen LogP contribution is 2.20. The Balaban J connectivity index is 1.56. The van der Waals surface area contributed by atoms with Crippen LogP contribution in [-0.4, -0.2) is 65.5 Å². The number of hydrogen-bond acceptors (Lipinski definition) is 5. The molecule has 1 saturated heterocycles. The lowest BCUT2D eigenvalue weighted by atomic mass is 10.1. The second-order valence-electron chi connectivity index (χ2n) is 7.57. The van der Waals surface area contributed by atoms with Crippen molar-refractivity contribution >= 4 is 0 Å². The SMILES string of the molecule is Cc1ccc(CN2CCN(Cc3ccc(OCCO)cc3)C[C@H]2CCO)cc1. The van der Waals surface area contributed by atoms with Gasteiger partial charge in [-0.1, -0.05) is 42.0 Å². The Bertz CT molecular complexity index is 703. The zero-order valence-electron chi connectivity index (χ0n) is 16.8. The molecule has 1 aliphatic rings. The molecule has 3 rings (SSSR count). The van der Waals surface area contributed by atoms with Crippen LogP contribution in [0.3, 0.4) is 0 Å². The average molecular weight is 385 g/mol. The van der Waals surface area contributed by atoms with E-state index in [4.69, 9.17) is 9.84 Å². The zero-order chi connectivity index (χ0) is 19.8. The number of aliphatic hydroxyl groups is 2. The topological polar surface area (TPSA) is 56.2 Å². The summed E-state index contributed by atoms with van der Waals surface area (Å²) in [6, 6.07) is 17.2. The molecular weight excluding hydrogens is 352 g/mol. The number of hydrogen-bond donors (Lipinski definition) is 2. The second-order valence-corrected chi connectivity index (χ2v) is 7.57. The fourth-order valence-corrected chi connectivity index (χ4v) is 3.77. The predicted octanol–water partition coefficient (Wildman–Crippen LogP) is 2.43. The summed E-state index contributed by atoms with van der Waals surface area (Å²) in [4.78, 5) is 4.97. The molecule has 0 radical (unpaired) electrons. The van der Waals surface area contributed by atoms with E-state index >= 15 is 0 Å². The predicted molar refractivity (Wildman–Crippen MR) is 111 cm³/mol. The van der Waals surface area contributed by atoms with E-state index in [0.29, 0.717) is 12.6 Å². The minimum Gasteiger partial charge on any atom is -0.491 e. The maximum atomic E-state index is 9.54. The third-order valence-electron chi connectivity index (χ3n) is 5.35. The molecule has 152 valence electrons. The van der Waals surface area contributed by atoms with Gasteiger partial charge in [-0.15, -0.1) is 0 Å². The smallest absolute Gasteiger partial charge is 0.119 e. The number of aliphatic hydroxyl groups excluding tert-OH is 2. The van der Waals surface area contributed by atoms with Gasteiger partial charge in [-0.25, -0.2) is 0 Å². The molecule has 0 aliphatic carbocycles. The molecule has 0 spiro atoms. The molecule has 2 aromatic rings. The Morgan fingerprint density at radius 3 is 2.25 bits per heavy atom. The van der Waals surface area contributed by atoms with Crippen molar-refractivity contribution in [2.75, 3.05) is 39.5 Å². The molecule has 1 atom stereocenters. The Kier molecular flexibility index (Phi) is 7.86. The van der Waals surface area contributed by atoms with Gasteiger partial charge in [0.25, 0.3) is 0 Å². The van der Waals surface area contributed by atoms with Gasteiger partial charge in [-0.3, -0.25) is 9.80 Å². The van der Waals surface area contributed by atoms with Crippen molar-refractivity contribution in [1.82, 2.24) is 9.80 Å². The number of aryl methyl sites for hydroxylation is 1. The standard InChI is InChI=1S/C23H32N2O3/c1-19-2-4-21(5-3-19)17-25-12-11-24(18-22(25)10-13-26)16-20-6-8-23(9-7-20)28-15-14-27/h2-9,22,26-27H,10-18H2,1H3/t22-/m1/s1. The van der Waals surface area contributed by atoms with Crippen LogP contribution in [0, 0.1) is 6.92 Å². The van der Waals surface area contributed by atoms with Gasteiger partial charge < -0.3 is 14.9 Å². The van der Waals surface area contributed by atoms with E-state index in [0.717, 1.165) is 44.9 Å².